The Morgan fingerprint density at radius 1 is 1.06 bits per heavy atom. The smallest absolute Gasteiger partial charge is 0.137 e. The van der Waals surface area contributed by atoms with Gasteiger partial charge in [0.2, 0.25) is 0 Å². The van der Waals surface area contributed by atoms with Crippen molar-refractivity contribution in [3.8, 4) is 11.5 Å². The van der Waals surface area contributed by atoms with E-state index in [1.54, 1.807) is 21.3 Å². The SMILES string of the molecule is CNC(OC)c1cc(OC)c(C)cc1OC. The van der Waals surface area contributed by atoms with Crippen molar-refractivity contribution in [2.45, 2.75) is 13.2 Å². The lowest BCUT2D eigenvalue weighted by molar-refractivity contribution is 0.0784. The zero-order chi connectivity index (χ0) is 12.1. The number of ether oxygens (including phenoxy) is 3. The maximum Gasteiger partial charge on any atom is 0.137 e. The summed E-state index contributed by atoms with van der Waals surface area (Å²) in [6, 6.07) is 3.87. The molecule has 0 aliphatic heterocycles. The molecular weight excluding hydrogens is 206 g/mol. The van der Waals surface area contributed by atoms with E-state index in [-0.39, 0.29) is 6.23 Å². The van der Waals surface area contributed by atoms with Gasteiger partial charge in [-0.25, -0.2) is 0 Å². The molecule has 0 saturated carbocycles. The summed E-state index contributed by atoms with van der Waals surface area (Å²) in [6.45, 7) is 1.98. The average molecular weight is 225 g/mol. The van der Waals surface area contributed by atoms with Crippen LogP contribution < -0.4 is 14.8 Å². The van der Waals surface area contributed by atoms with Crippen LogP contribution in [0.15, 0.2) is 12.1 Å². The molecule has 1 aromatic rings. The fourth-order valence-corrected chi connectivity index (χ4v) is 1.68. The van der Waals surface area contributed by atoms with E-state index in [2.05, 4.69) is 5.32 Å². The van der Waals surface area contributed by atoms with Crippen molar-refractivity contribution < 1.29 is 14.2 Å². The van der Waals surface area contributed by atoms with Crippen molar-refractivity contribution in [3.63, 3.8) is 0 Å². The molecule has 0 spiro atoms. The molecule has 1 N–H and O–H groups in total. The molecule has 1 unspecified atom stereocenters. The Balaban J connectivity index is 3.23. The van der Waals surface area contributed by atoms with Gasteiger partial charge in [0.15, 0.2) is 0 Å². The van der Waals surface area contributed by atoms with Crippen molar-refractivity contribution in [1.82, 2.24) is 5.32 Å². The Morgan fingerprint density at radius 2 is 1.69 bits per heavy atom. The highest BCUT2D eigenvalue weighted by Gasteiger charge is 2.16. The van der Waals surface area contributed by atoms with Gasteiger partial charge in [-0.05, 0) is 31.7 Å². The molecule has 1 rings (SSSR count). The van der Waals surface area contributed by atoms with E-state index < -0.39 is 0 Å². The Morgan fingerprint density at radius 3 is 2.12 bits per heavy atom. The molecule has 0 aliphatic rings. The molecule has 4 nitrogen and oxygen atoms in total. The standard InChI is InChI=1S/C12H19NO3/c1-8-6-11(15-4)9(7-10(8)14-3)12(13-2)16-5/h6-7,12-13H,1-5H3. The van der Waals surface area contributed by atoms with E-state index in [1.165, 1.54) is 0 Å². The molecule has 0 amide bonds. The third kappa shape index (κ3) is 2.46. The van der Waals surface area contributed by atoms with Crippen molar-refractivity contribution in [3.05, 3.63) is 23.3 Å². The average Bonchev–Trinajstić information content (AvgIpc) is 2.31. The van der Waals surface area contributed by atoms with Crippen LogP contribution in [0.1, 0.15) is 17.4 Å². The fraction of sp³-hybridized carbons (Fsp3) is 0.500. The zero-order valence-corrected chi connectivity index (χ0v) is 10.5. The third-order valence-corrected chi connectivity index (χ3v) is 2.53. The van der Waals surface area contributed by atoms with Gasteiger partial charge in [0.25, 0.3) is 0 Å². The largest absolute Gasteiger partial charge is 0.496 e. The van der Waals surface area contributed by atoms with Crippen LogP contribution in [0.2, 0.25) is 0 Å². The van der Waals surface area contributed by atoms with E-state index in [4.69, 9.17) is 14.2 Å². The van der Waals surface area contributed by atoms with Crippen molar-refractivity contribution >= 4 is 0 Å². The van der Waals surface area contributed by atoms with Crippen LogP contribution in [-0.2, 0) is 4.74 Å². The molecular formula is C12H19NO3. The second kappa shape index (κ2) is 5.72. The summed E-state index contributed by atoms with van der Waals surface area (Å²) in [7, 11) is 6.78. The first-order valence-electron chi connectivity index (χ1n) is 5.10. The zero-order valence-electron chi connectivity index (χ0n) is 10.5. The predicted molar refractivity (Wildman–Crippen MR) is 63.1 cm³/mol. The van der Waals surface area contributed by atoms with Gasteiger partial charge >= 0.3 is 0 Å². The highest BCUT2D eigenvalue weighted by atomic mass is 16.5. The van der Waals surface area contributed by atoms with Crippen LogP contribution in [0.4, 0.5) is 0 Å². The van der Waals surface area contributed by atoms with Gasteiger partial charge < -0.3 is 14.2 Å². The van der Waals surface area contributed by atoms with E-state index in [0.717, 1.165) is 22.6 Å². The predicted octanol–water partition coefficient (Wildman–Crippen LogP) is 1.88. The maximum absolute atomic E-state index is 5.33. The van der Waals surface area contributed by atoms with Gasteiger partial charge in [-0.2, -0.15) is 0 Å². The van der Waals surface area contributed by atoms with Crippen LogP contribution in [0, 0.1) is 6.92 Å². The molecule has 0 fully saturated rings. The minimum absolute atomic E-state index is 0.204. The van der Waals surface area contributed by atoms with Crippen LogP contribution in [-0.4, -0.2) is 28.4 Å². The summed E-state index contributed by atoms with van der Waals surface area (Å²) in [5, 5.41) is 3.06. The van der Waals surface area contributed by atoms with Gasteiger partial charge in [-0.3, -0.25) is 5.32 Å². The third-order valence-electron chi connectivity index (χ3n) is 2.53. The second-order valence-electron chi connectivity index (χ2n) is 3.47. The number of hydrogen-bond acceptors (Lipinski definition) is 4. The Hall–Kier alpha value is -1.26. The summed E-state index contributed by atoms with van der Waals surface area (Å²) in [6.07, 6.45) is -0.204. The molecule has 0 aromatic heterocycles. The van der Waals surface area contributed by atoms with E-state index in [9.17, 15) is 0 Å². The molecule has 90 valence electrons. The summed E-state index contributed by atoms with van der Waals surface area (Å²) in [5.41, 5.74) is 1.96. The first-order chi connectivity index (χ1) is 7.67. The van der Waals surface area contributed by atoms with Crippen LogP contribution in [0.25, 0.3) is 0 Å². The first-order valence-corrected chi connectivity index (χ1v) is 5.10. The Labute approximate surface area is 96.5 Å². The summed E-state index contributed by atoms with van der Waals surface area (Å²) >= 11 is 0. The summed E-state index contributed by atoms with van der Waals surface area (Å²) < 4.78 is 15.9. The lowest BCUT2D eigenvalue weighted by Gasteiger charge is -2.19. The number of aryl methyl sites for hydroxylation is 1. The minimum Gasteiger partial charge on any atom is -0.496 e. The molecule has 0 radical (unpaired) electrons. The lowest BCUT2D eigenvalue weighted by atomic mass is 10.1. The number of benzene rings is 1. The molecule has 1 aromatic carbocycles. The number of nitrogens with one attached hydrogen (secondary N) is 1. The van der Waals surface area contributed by atoms with E-state index >= 15 is 0 Å². The molecule has 16 heavy (non-hydrogen) atoms. The second-order valence-corrected chi connectivity index (χ2v) is 3.47. The van der Waals surface area contributed by atoms with Crippen molar-refractivity contribution in [2.24, 2.45) is 0 Å². The van der Waals surface area contributed by atoms with Crippen LogP contribution in [0.5, 0.6) is 11.5 Å². The maximum atomic E-state index is 5.33. The van der Waals surface area contributed by atoms with Gasteiger partial charge in [0.05, 0.1) is 14.2 Å². The lowest BCUT2D eigenvalue weighted by Crippen LogP contribution is -2.19. The quantitative estimate of drug-likeness (QED) is 0.777. The van der Waals surface area contributed by atoms with Gasteiger partial charge in [0, 0.05) is 12.7 Å². The van der Waals surface area contributed by atoms with E-state index in [0.29, 0.717) is 0 Å². The number of methoxy groups -OCH3 is 3. The molecule has 0 bridgehead atoms. The molecule has 4 heteroatoms. The molecule has 0 heterocycles. The molecule has 0 saturated heterocycles. The van der Waals surface area contributed by atoms with Crippen LogP contribution >= 0.6 is 0 Å². The Kier molecular flexibility index (Phi) is 4.58. The number of hydrogen-bond donors (Lipinski definition) is 1. The highest BCUT2D eigenvalue weighted by molar-refractivity contribution is 5.46. The van der Waals surface area contributed by atoms with Gasteiger partial charge in [-0.1, -0.05) is 0 Å². The van der Waals surface area contributed by atoms with Gasteiger partial charge in [0.1, 0.15) is 17.7 Å². The normalized spacial score (nSPS) is 12.3. The minimum atomic E-state index is -0.204. The molecule has 1 atom stereocenters. The number of rotatable bonds is 5. The van der Waals surface area contributed by atoms with Crippen molar-refractivity contribution in [1.29, 1.82) is 0 Å². The molecule has 0 aliphatic carbocycles. The summed E-state index contributed by atoms with van der Waals surface area (Å²) in [4.78, 5) is 0. The topological polar surface area (TPSA) is 39.7 Å². The van der Waals surface area contributed by atoms with Gasteiger partial charge in [-0.15, -0.1) is 0 Å². The van der Waals surface area contributed by atoms with Crippen LogP contribution in [0.3, 0.4) is 0 Å². The first kappa shape index (κ1) is 12.8. The van der Waals surface area contributed by atoms with E-state index in [1.807, 2.05) is 26.1 Å². The fourth-order valence-electron chi connectivity index (χ4n) is 1.68. The Bertz CT molecular complexity index is 348. The highest BCUT2D eigenvalue weighted by Crippen LogP contribution is 2.32. The monoisotopic (exact) mass is 225 g/mol. The summed E-state index contributed by atoms with van der Waals surface area (Å²) in [5.74, 6) is 1.62. The van der Waals surface area contributed by atoms with Crippen molar-refractivity contribution in [2.75, 3.05) is 28.4 Å².